The van der Waals surface area contributed by atoms with E-state index in [0.717, 1.165) is 22.3 Å². The SMILES string of the molecule is O/N=C1C=C/C(=C\c2ccccc2)c2ccccc2\1. The maximum atomic E-state index is 9.03. The molecule has 1 aliphatic carbocycles. The van der Waals surface area contributed by atoms with Gasteiger partial charge < -0.3 is 5.21 Å². The van der Waals surface area contributed by atoms with Crippen molar-refractivity contribution in [3.63, 3.8) is 0 Å². The second-order valence-corrected chi connectivity index (χ2v) is 4.37. The molecule has 2 nitrogen and oxygen atoms in total. The van der Waals surface area contributed by atoms with E-state index in [1.165, 1.54) is 0 Å². The zero-order valence-corrected chi connectivity index (χ0v) is 10.3. The van der Waals surface area contributed by atoms with Crippen molar-refractivity contribution in [2.24, 2.45) is 5.16 Å². The molecular formula is C17H13NO. The van der Waals surface area contributed by atoms with Gasteiger partial charge in [0.2, 0.25) is 0 Å². The van der Waals surface area contributed by atoms with Crippen LogP contribution in [0.25, 0.3) is 11.6 Å². The highest BCUT2D eigenvalue weighted by Gasteiger charge is 2.14. The Balaban J connectivity index is 2.13. The fourth-order valence-electron chi connectivity index (χ4n) is 2.25. The molecule has 92 valence electrons. The van der Waals surface area contributed by atoms with Crippen LogP contribution in [0.3, 0.4) is 0 Å². The summed E-state index contributed by atoms with van der Waals surface area (Å²) in [7, 11) is 0. The van der Waals surface area contributed by atoms with Crippen molar-refractivity contribution in [2.75, 3.05) is 0 Å². The van der Waals surface area contributed by atoms with Crippen LogP contribution < -0.4 is 0 Å². The summed E-state index contributed by atoms with van der Waals surface area (Å²) in [5, 5.41) is 12.4. The number of rotatable bonds is 1. The van der Waals surface area contributed by atoms with Gasteiger partial charge in [-0.15, -0.1) is 0 Å². The summed E-state index contributed by atoms with van der Waals surface area (Å²) in [6.45, 7) is 0. The molecule has 0 unspecified atom stereocenters. The Morgan fingerprint density at radius 3 is 2.21 bits per heavy atom. The standard InChI is InChI=1S/C17H13NO/c19-18-17-11-10-14(12-13-6-2-1-3-7-13)15-8-4-5-9-16(15)17/h1-12,19H/b14-12+,18-17+. The minimum atomic E-state index is 0.598. The molecule has 1 N–H and O–H groups in total. The van der Waals surface area contributed by atoms with Crippen LogP contribution in [-0.2, 0) is 0 Å². The lowest BCUT2D eigenvalue weighted by Gasteiger charge is -2.14. The van der Waals surface area contributed by atoms with Gasteiger partial charge in [-0.25, -0.2) is 0 Å². The van der Waals surface area contributed by atoms with Crippen LogP contribution in [0.4, 0.5) is 0 Å². The van der Waals surface area contributed by atoms with E-state index >= 15 is 0 Å². The highest BCUT2D eigenvalue weighted by Crippen LogP contribution is 2.27. The smallest absolute Gasteiger partial charge is 0.110 e. The van der Waals surface area contributed by atoms with E-state index in [1.807, 2.05) is 54.6 Å². The van der Waals surface area contributed by atoms with E-state index in [1.54, 1.807) is 0 Å². The molecule has 0 atom stereocenters. The number of benzene rings is 2. The van der Waals surface area contributed by atoms with E-state index in [2.05, 4.69) is 23.4 Å². The van der Waals surface area contributed by atoms with Gasteiger partial charge in [0.15, 0.2) is 0 Å². The number of nitrogens with zero attached hydrogens (tertiary/aromatic N) is 1. The first-order valence-corrected chi connectivity index (χ1v) is 6.15. The Kier molecular flexibility index (Phi) is 2.99. The molecule has 1 aliphatic rings. The van der Waals surface area contributed by atoms with Crippen molar-refractivity contribution in [1.29, 1.82) is 0 Å². The second kappa shape index (κ2) is 4.94. The van der Waals surface area contributed by atoms with Crippen molar-refractivity contribution in [3.05, 3.63) is 83.4 Å². The van der Waals surface area contributed by atoms with Gasteiger partial charge in [0, 0.05) is 5.56 Å². The van der Waals surface area contributed by atoms with Crippen molar-refractivity contribution in [2.45, 2.75) is 0 Å². The lowest BCUT2D eigenvalue weighted by Crippen LogP contribution is -2.05. The van der Waals surface area contributed by atoms with Crippen LogP contribution in [-0.4, -0.2) is 10.9 Å². The Labute approximate surface area is 112 Å². The molecule has 0 fully saturated rings. The first kappa shape index (κ1) is 11.5. The zero-order chi connectivity index (χ0) is 13.1. The topological polar surface area (TPSA) is 32.6 Å². The largest absolute Gasteiger partial charge is 0.410 e. The van der Waals surface area contributed by atoms with Crippen LogP contribution in [0.1, 0.15) is 16.7 Å². The molecule has 2 aromatic rings. The van der Waals surface area contributed by atoms with Crippen LogP contribution in [0.15, 0.2) is 71.9 Å². The molecule has 0 aromatic heterocycles. The summed E-state index contributed by atoms with van der Waals surface area (Å²) in [6.07, 6.45) is 5.94. The molecule has 0 bridgehead atoms. The second-order valence-electron chi connectivity index (χ2n) is 4.37. The minimum absolute atomic E-state index is 0.598. The van der Waals surface area contributed by atoms with Crippen molar-refractivity contribution in [3.8, 4) is 0 Å². The highest BCUT2D eigenvalue weighted by molar-refractivity contribution is 6.16. The van der Waals surface area contributed by atoms with Crippen LogP contribution in [0.5, 0.6) is 0 Å². The lowest BCUT2D eigenvalue weighted by atomic mass is 9.90. The maximum Gasteiger partial charge on any atom is 0.110 e. The normalized spacial score (nSPS) is 17.7. The van der Waals surface area contributed by atoms with Crippen LogP contribution in [0, 0.1) is 0 Å². The quantitative estimate of drug-likeness (QED) is 0.600. The third kappa shape index (κ3) is 2.20. The Hall–Kier alpha value is -2.61. The van der Waals surface area contributed by atoms with Gasteiger partial charge in [-0.2, -0.15) is 0 Å². The van der Waals surface area contributed by atoms with Crippen molar-refractivity contribution >= 4 is 17.4 Å². The average Bonchev–Trinajstić information content (AvgIpc) is 2.49. The van der Waals surface area contributed by atoms with Crippen molar-refractivity contribution < 1.29 is 5.21 Å². The monoisotopic (exact) mass is 247 g/mol. The maximum absolute atomic E-state index is 9.03. The fraction of sp³-hybridized carbons (Fsp3) is 0. The number of oxime groups is 1. The summed E-state index contributed by atoms with van der Waals surface area (Å²) in [5.41, 5.74) is 4.91. The van der Waals surface area contributed by atoms with Gasteiger partial charge in [-0.3, -0.25) is 0 Å². The van der Waals surface area contributed by atoms with E-state index in [9.17, 15) is 0 Å². The number of hydrogen-bond acceptors (Lipinski definition) is 2. The molecule has 0 saturated heterocycles. The molecule has 0 spiro atoms. The predicted octanol–water partition coefficient (Wildman–Crippen LogP) is 3.98. The van der Waals surface area contributed by atoms with Gasteiger partial charge in [0.25, 0.3) is 0 Å². The molecule has 0 saturated carbocycles. The molecule has 0 aliphatic heterocycles. The average molecular weight is 247 g/mol. The predicted molar refractivity (Wildman–Crippen MR) is 78.2 cm³/mol. The Bertz CT molecular complexity index is 681. The van der Waals surface area contributed by atoms with Gasteiger partial charge in [-0.05, 0) is 28.9 Å². The van der Waals surface area contributed by atoms with Crippen LogP contribution >= 0.6 is 0 Å². The Morgan fingerprint density at radius 2 is 1.47 bits per heavy atom. The molecule has 19 heavy (non-hydrogen) atoms. The third-order valence-electron chi connectivity index (χ3n) is 3.16. The Morgan fingerprint density at radius 1 is 0.789 bits per heavy atom. The number of fused-ring (bicyclic) bond motifs is 1. The van der Waals surface area contributed by atoms with Gasteiger partial charge in [0.05, 0.1) is 0 Å². The fourth-order valence-corrected chi connectivity index (χ4v) is 2.25. The van der Waals surface area contributed by atoms with Gasteiger partial charge in [0.1, 0.15) is 5.71 Å². The summed E-state index contributed by atoms with van der Waals surface area (Å²) in [6, 6.07) is 18.1. The van der Waals surface area contributed by atoms with E-state index in [0.29, 0.717) is 5.71 Å². The summed E-state index contributed by atoms with van der Waals surface area (Å²) in [4.78, 5) is 0. The first-order valence-electron chi connectivity index (χ1n) is 6.15. The zero-order valence-electron chi connectivity index (χ0n) is 10.3. The summed E-state index contributed by atoms with van der Waals surface area (Å²) in [5.74, 6) is 0. The lowest BCUT2D eigenvalue weighted by molar-refractivity contribution is 0.320. The van der Waals surface area contributed by atoms with Crippen LogP contribution in [0.2, 0.25) is 0 Å². The van der Waals surface area contributed by atoms with Crippen molar-refractivity contribution in [1.82, 2.24) is 0 Å². The first-order chi connectivity index (χ1) is 9.38. The van der Waals surface area contributed by atoms with Gasteiger partial charge >= 0.3 is 0 Å². The third-order valence-corrected chi connectivity index (χ3v) is 3.16. The van der Waals surface area contributed by atoms with E-state index in [4.69, 9.17) is 5.21 Å². The summed E-state index contributed by atoms with van der Waals surface area (Å²) < 4.78 is 0. The molecular weight excluding hydrogens is 234 g/mol. The van der Waals surface area contributed by atoms with Gasteiger partial charge in [-0.1, -0.05) is 65.8 Å². The highest BCUT2D eigenvalue weighted by atomic mass is 16.4. The minimum Gasteiger partial charge on any atom is -0.410 e. The number of allylic oxidation sites excluding steroid dienone is 3. The molecule has 0 radical (unpaired) electrons. The molecule has 3 rings (SSSR count). The van der Waals surface area contributed by atoms with E-state index < -0.39 is 0 Å². The molecule has 2 aromatic carbocycles. The molecule has 0 amide bonds. The summed E-state index contributed by atoms with van der Waals surface area (Å²) >= 11 is 0. The molecule has 0 heterocycles. The molecule has 2 heteroatoms. The number of hydrogen-bond donors (Lipinski definition) is 1. The van der Waals surface area contributed by atoms with E-state index in [-0.39, 0.29) is 0 Å².